The molecule has 3 rings (SSSR count). The highest BCUT2D eigenvalue weighted by molar-refractivity contribution is 7.10. The molecule has 0 saturated carbocycles. The minimum Gasteiger partial charge on any atom is -0.379 e. The molecule has 6 nitrogen and oxygen atoms in total. The summed E-state index contributed by atoms with van der Waals surface area (Å²) in [5.41, 5.74) is 1.56. The van der Waals surface area contributed by atoms with Gasteiger partial charge in [0.1, 0.15) is 5.00 Å². The van der Waals surface area contributed by atoms with Gasteiger partial charge in [0.2, 0.25) is 0 Å². The van der Waals surface area contributed by atoms with Crippen LogP contribution < -0.4 is 5.32 Å². The Bertz CT molecular complexity index is 542. The molecule has 0 unspecified atom stereocenters. The lowest BCUT2D eigenvalue weighted by molar-refractivity contribution is 0.0119. The largest absolute Gasteiger partial charge is 0.379 e. The highest BCUT2D eigenvalue weighted by Crippen LogP contribution is 2.29. The lowest BCUT2D eigenvalue weighted by atomic mass is 10.0. The second-order valence-corrected chi connectivity index (χ2v) is 6.90. The zero-order valence-electron chi connectivity index (χ0n) is 13.5. The van der Waals surface area contributed by atoms with Crippen molar-refractivity contribution in [1.82, 2.24) is 14.2 Å². The van der Waals surface area contributed by atoms with Crippen LogP contribution in [0.25, 0.3) is 0 Å². The van der Waals surface area contributed by atoms with Crippen LogP contribution in [0.1, 0.15) is 23.0 Å². The predicted molar refractivity (Wildman–Crippen MR) is 87.6 cm³/mol. The number of ether oxygens (including phenoxy) is 1. The number of rotatable bonds is 3. The average molecular weight is 324 g/mol. The summed E-state index contributed by atoms with van der Waals surface area (Å²) in [5.74, 6) is 0.602. The molecule has 22 heavy (non-hydrogen) atoms. The summed E-state index contributed by atoms with van der Waals surface area (Å²) in [4.78, 5) is 17.4. The smallest absolute Gasteiger partial charge is 0.258 e. The van der Waals surface area contributed by atoms with Crippen LogP contribution in [0.3, 0.4) is 0 Å². The third kappa shape index (κ3) is 2.85. The number of morpholine rings is 1. The minimum atomic E-state index is 0.109. The van der Waals surface area contributed by atoms with Gasteiger partial charge in [0.25, 0.3) is 5.91 Å². The fourth-order valence-electron chi connectivity index (χ4n) is 3.45. The topological polar surface area (TPSA) is 57.7 Å². The summed E-state index contributed by atoms with van der Waals surface area (Å²) in [6, 6.07) is 0.442. The maximum atomic E-state index is 12.9. The van der Waals surface area contributed by atoms with Crippen LogP contribution >= 0.6 is 11.5 Å². The van der Waals surface area contributed by atoms with Crippen molar-refractivity contribution >= 4 is 22.4 Å². The average Bonchev–Trinajstić information content (AvgIpc) is 3.10. The van der Waals surface area contributed by atoms with E-state index in [4.69, 9.17) is 4.74 Å². The lowest BCUT2D eigenvalue weighted by Gasteiger charge is -2.34. The van der Waals surface area contributed by atoms with E-state index in [1.807, 2.05) is 18.9 Å². The van der Waals surface area contributed by atoms with Crippen LogP contribution in [0.4, 0.5) is 5.00 Å². The molecule has 2 atom stereocenters. The molecule has 0 aromatic carbocycles. The number of nitrogens with one attached hydrogen (secondary N) is 1. The third-order valence-corrected chi connectivity index (χ3v) is 5.63. The molecular formula is C15H24N4O2S. The highest BCUT2D eigenvalue weighted by atomic mass is 32.1. The standard InChI is InChI=1S/C15H24N4O2S/c1-10-8-19(9-12(10)18-4-6-21-7-5-18)15(20)13-11(2)17-22-14(13)16-3/h10,12,16H,4-9H2,1-3H3/t10-,12+/m1/s1. The number of carbonyl (C=O) groups is 1. The second-order valence-electron chi connectivity index (χ2n) is 6.13. The van der Waals surface area contributed by atoms with E-state index in [2.05, 4.69) is 21.5 Å². The number of hydrogen-bond donors (Lipinski definition) is 1. The van der Waals surface area contributed by atoms with Crippen LogP contribution in [-0.2, 0) is 4.74 Å². The first-order valence-electron chi connectivity index (χ1n) is 7.87. The quantitative estimate of drug-likeness (QED) is 0.908. The lowest BCUT2D eigenvalue weighted by Crippen LogP contribution is -2.47. The van der Waals surface area contributed by atoms with Gasteiger partial charge in [0, 0.05) is 39.3 Å². The van der Waals surface area contributed by atoms with Crippen LogP contribution in [0.5, 0.6) is 0 Å². The van der Waals surface area contributed by atoms with E-state index in [1.54, 1.807) is 0 Å². The number of nitrogens with zero attached hydrogens (tertiary/aromatic N) is 3. The maximum absolute atomic E-state index is 12.9. The minimum absolute atomic E-state index is 0.109. The molecule has 0 aliphatic carbocycles. The fraction of sp³-hybridized carbons (Fsp3) is 0.733. The van der Waals surface area contributed by atoms with Gasteiger partial charge in [0.15, 0.2) is 0 Å². The zero-order valence-corrected chi connectivity index (χ0v) is 14.3. The summed E-state index contributed by atoms with van der Waals surface area (Å²) >= 11 is 1.36. The first-order valence-corrected chi connectivity index (χ1v) is 8.64. The molecular weight excluding hydrogens is 300 g/mol. The van der Waals surface area contributed by atoms with Crippen molar-refractivity contribution in [2.45, 2.75) is 19.9 Å². The number of hydrogen-bond acceptors (Lipinski definition) is 6. The van der Waals surface area contributed by atoms with E-state index in [9.17, 15) is 4.79 Å². The first kappa shape index (κ1) is 15.7. The van der Waals surface area contributed by atoms with Crippen molar-refractivity contribution in [3.63, 3.8) is 0 Å². The van der Waals surface area contributed by atoms with E-state index in [-0.39, 0.29) is 5.91 Å². The Hall–Kier alpha value is -1.18. The van der Waals surface area contributed by atoms with Gasteiger partial charge < -0.3 is 15.0 Å². The molecule has 3 heterocycles. The van der Waals surface area contributed by atoms with Crippen LogP contribution in [-0.4, -0.2) is 72.6 Å². The Morgan fingerprint density at radius 1 is 1.36 bits per heavy atom. The number of carbonyl (C=O) groups excluding carboxylic acids is 1. The van der Waals surface area contributed by atoms with Crippen molar-refractivity contribution in [2.24, 2.45) is 5.92 Å². The van der Waals surface area contributed by atoms with Gasteiger partial charge in [-0.2, -0.15) is 4.37 Å². The van der Waals surface area contributed by atoms with Gasteiger partial charge in [-0.15, -0.1) is 0 Å². The van der Waals surface area contributed by atoms with Gasteiger partial charge in [-0.1, -0.05) is 6.92 Å². The number of anilines is 1. The molecule has 122 valence electrons. The van der Waals surface area contributed by atoms with Crippen LogP contribution in [0, 0.1) is 12.8 Å². The number of amides is 1. The molecule has 0 radical (unpaired) electrons. The van der Waals surface area contributed by atoms with Gasteiger partial charge in [-0.3, -0.25) is 9.69 Å². The Balaban J connectivity index is 1.73. The van der Waals surface area contributed by atoms with Gasteiger partial charge in [0.05, 0.1) is 24.5 Å². The Kier molecular flexibility index (Phi) is 4.65. The van der Waals surface area contributed by atoms with Crippen LogP contribution in [0.2, 0.25) is 0 Å². The molecule has 0 bridgehead atoms. The SMILES string of the molecule is CNc1snc(C)c1C(=O)N1C[C@@H](C)[C@@H](N2CCOCC2)C1. The summed E-state index contributed by atoms with van der Waals surface area (Å²) in [5, 5.41) is 3.95. The molecule has 2 aliphatic heterocycles. The fourth-order valence-corrected chi connectivity index (χ4v) is 4.19. The van der Waals surface area contributed by atoms with Crippen molar-refractivity contribution in [1.29, 1.82) is 0 Å². The first-order chi connectivity index (χ1) is 10.6. The van der Waals surface area contributed by atoms with Crippen molar-refractivity contribution < 1.29 is 9.53 Å². The number of aryl methyl sites for hydroxylation is 1. The van der Waals surface area contributed by atoms with Crippen LogP contribution in [0.15, 0.2) is 0 Å². The van der Waals surface area contributed by atoms with Crippen molar-refractivity contribution in [3.05, 3.63) is 11.3 Å². The Labute approximate surface area is 135 Å². The summed E-state index contributed by atoms with van der Waals surface area (Å²) in [7, 11) is 1.84. The molecule has 2 fully saturated rings. The zero-order chi connectivity index (χ0) is 15.7. The van der Waals surface area contributed by atoms with E-state index < -0.39 is 0 Å². The maximum Gasteiger partial charge on any atom is 0.258 e. The molecule has 0 spiro atoms. The normalized spacial score (nSPS) is 26.4. The van der Waals surface area contributed by atoms with Crippen molar-refractivity contribution in [3.8, 4) is 0 Å². The van der Waals surface area contributed by atoms with Crippen molar-refractivity contribution in [2.75, 3.05) is 51.8 Å². The van der Waals surface area contributed by atoms with Gasteiger partial charge in [-0.05, 0) is 24.4 Å². The number of likely N-dealkylation sites (tertiary alicyclic amines) is 1. The molecule has 2 aliphatic rings. The molecule has 1 amide bonds. The van der Waals surface area contributed by atoms with E-state index >= 15 is 0 Å². The summed E-state index contributed by atoms with van der Waals surface area (Å²) < 4.78 is 9.75. The third-order valence-electron chi connectivity index (χ3n) is 4.68. The molecule has 1 aromatic heterocycles. The second kappa shape index (κ2) is 6.52. The van der Waals surface area contributed by atoms with E-state index in [0.29, 0.717) is 12.0 Å². The molecule has 2 saturated heterocycles. The van der Waals surface area contributed by atoms with Gasteiger partial charge >= 0.3 is 0 Å². The highest BCUT2D eigenvalue weighted by Gasteiger charge is 2.38. The molecule has 1 aromatic rings. The number of aromatic nitrogens is 1. The molecule has 7 heteroatoms. The monoisotopic (exact) mass is 324 g/mol. The van der Waals surface area contributed by atoms with E-state index in [1.165, 1.54) is 11.5 Å². The van der Waals surface area contributed by atoms with E-state index in [0.717, 1.165) is 55.7 Å². The van der Waals surface area contributed by atoms with Gasteiger partial charge in [-0.25, -0.2) is 0 Å². The molecule has 1 N–H and O–H groups in total. The summed E-state index contributed by atoms with van der Waals surface area (Å²) in [6.45, 7) is 9.31. The predicted octanol–water partition coefficient (Wildman–Crippen LogP) is 1.29. The summed E-state index contributed by atoms with van der Waals surface area (Å²) in [6.07, 6.45) is 0. The Morgan fingerprint density at radius 2 is 2.09 bits per heavy atom. The Morgan fingerprint density at radius 3 is 2.77 bits per heavy atom.